The zero-order valence-electron chi connectivity index (χ0n) is 9.64. The highest BCUT2D eigenvalue weighted by molar-refractivity contribution is 7.99. The first-order valence-electron chi connectivity index (χ1n) is 5.02. The summed E-state index contributed by atoms with van der Waals surface area (Å²) in [6.45, 7) is 0. The van der Waals surface area contributed by atoms with Crippen LogP contribution in [0.25, 0.3) is 6.08 Å². The maximum absolute atomic E-state index is 13.3. The van der Waals surface area contributed by atoms with Crippen LogP contribution >= 0.6 is 11.8 Å². The maximum atomic E-state index is 13.3. The van der Waals surface area contributed by atoms with Crippen LogP contribution in [0.2, 0.25) is 0 Å². The molecule has 0 atom stereocenters. The highest BCUT2D eigenvalue weighted by Crippen LogP contribution is 2.16. The lowest BCUT2D eigenvalue weighted by atomic mass is 10.1. The predicted octanol–water partition coefficient (Wildman–Crippen LogP) is 2.22. The lowest BCUT2D eigenvalue weighted by Gasteiger charge is -2.05. The van der Waals surface area contributed by atoms with Crippen LogP contribution in [-0.2, 0) is 9.59 Å². The Kier molecular flexibility index (Phi) is 5.38. The molecule has 4 nitrogen and oxygen atoms in total. The van der Waals surface area contributed by atoms with Gasteiger partial charge < -0.3 is 10.4 Å². The fourth-order valence-electron chi connectivity index (χ4n) is 1.24. The van der Waals surface area contributed by atoms with E-state index < -0.39 is 11.8 Å². The number of thioether (sulfide) groups is 1. The average Bonchev–Trinajstić information content (AvgIpc) is 2.30. The number of carbonyl (C=O) groups is 2. The third kappa shape index (κ3) is 4.58. The first kappa shape index (κ1) is 14.2. The number of amides is 1. The molecule has 1 amide bonds. The summed E-state index contributed by atoms with van der Waals surface area (Å²) < 4.78 is 13.3. The monoisotopic (exact) mass is 269 g/mol. The lowest BCUT2D eigenvalue weighted by Crippen LogP contribution is -2.13. The molecule has 0 unspecified atom stereocenters. The van der Waals surface area contributed by atoms with Crippen LogP contribution in [-0.4, -0.2) is 29.0 Å². The minimum absolute atomic E-state index is 0.111. The molecule has 2 N–H and O–H groups in total. The molecule has 0 saturated carbocycles. The Hall–Kier alpha value is -1.82. The highest BCUT2D eigenvalue weighted by atomic mass is 32.2. The molecule has 0 fully saturated rings. The highest BCUT2D eigenvalue weighted by Gasteiger charge is 2.04. The lowest BCUT2D eigenvalue weighted by molar-refractivity contribution is -0.131. The second-order valence-electron chi connectivity index (χ2n) is 3.39. The third-order valence-corrected chi connectivity index (χ3v) is 2.51. The summed E-state index contributed by atoms with van der Waals surface area (Å²) in [6.07, 6.45) is 3.78. The molecule has 18 heavy (non-hydrogen) atoms. The van der Waals surface area contributed by atoms with E-state index in [0.717, 1.165) is 12.2 Å². The van der Waals surface area contributed by atoms with E-state index in [0.29, 0.717) is 11.4 Å². The summed E-state index contributed by atoms with van der Waals surface area (Å²) in [7, 11) is 0. The zero-order chi connectivity index (χ0) is 13.5. The summed E-state index contributed by atoms with van der Waals surface area (Å²) in [5.74, 6) is -1.60. The summed E-state index contributed by atoms with van der Waals surface area (Å²) in [5, 5.41) is 11.1. The van der Waals surface area contributed by atoms with Gasteiger partial charge in [0.05, 0.1) is 5.75 Å². The Morgan fingerprint density at radius 1 is 1.50 bits per heavy atom. The molecule has 0 aliphatic heterocycles. The van der Waals surface area contributed by atoms with Gasteiger partial charge in [0, 0.05) is 17.3 Å². The molecule has 96 valence electrons. The van der Waals surface area contributed by atoms with E-state index in [1.165, 1.54) is 30.0 Å². The molecule has 0 aliphatic rings. The van der Waals surface area contributed by atoms with Crippen molar-refractivity contribution in [3.8, 4) is 0 Å². The number of nitrogens with one attached hydrogen (secondary N) is 1. The van der Waals surface area contributed by atoms with Crippen molar-refractivity contribution < 1.29 is 19.1 Å². The third-order valence-electron chi connectivity index (χ3n) is 1.96. The number of benzene rings is 1. The maximum Gasteiger partial charge on any atom is 0.328 e. The minimum Gasteiger partial charge on any atom is -0.478 e. The van der Waals surface area contributed by atoms with Gasteiger partial charge in [-0.05, 0) is 30.5 Å². The number of carboxylic acid groups (broad SMARTS) is 1. The van der Waals surface area contributed by atoms with Crippen molar-refractivity contribution in [1.82, 2.24) is 0 Å². The number of carboxylic acids is 1. The van der Waals surface area contributed by atoms with E-state index >= 15 is 0 Å². The molecule has 0 saturated heterocycles. The number of carbonyl (C=O) groups excluding carboxylic acids is 1. The van der Waals surface area contributed by atoms with Crippen LogP contribution in [0.1, 0.15) is 5.56 Å². The first-order chi connectivity index (χ1) is 8.52. The van der Waals surface area contributed by atoms with Gasteiger partial charge in [-0.25, -0.2) is 9.18 Å². The molecule has 0 aliphatic carbocycles. The standard InChI is InChI=1S/C12H12FNO3S/c1-18-7-11(15)14-9-3-4-10(13)8(6-9)2-5-12(16)17/h2-6H,7H2,1H3,(H,14,15)(H,16,17)/b5-2+. The molecule has 0 radical (unpaired) electrons. The second kappa shape index (κ2) is 6.80. The summed E-state index contributed by atoms with van der Waals surface area (Å²) in [4.78, 5) is 21.7. The van der Waals surface area contributed by atoms with Crippen molar-refractivity contribution >= 4 is 35.4 Å². The van der Waals surface area contributed by atoms with Crippen LogP contribution in [0.3, 0.4) is 0 Å². The fraction of sp³-hybridized carbons (Fsp3) is 0.167. The largest absolute Gasteiger partial charge is 0.478 e. The predicted molar refractivity (Wildman–Crippen MR) is 70.1 cm³/mol. The van der Waals surface area contributed by atoms with Crippen molar-refractivity contribution in [2.75, 3.05) is 17.3 Å². The van der Waals surface area contributed by atoms with E-state index in [4.69, 9.17) is 5.11 Å². The average molecular weight is 269 g/mol. The Bertz CT molecular complexity index is 488. The fourth-order valence-corrected chi connectivity index (χ4v) is 1.57. The number of rotatable bonds is 5. The van der Waals surface area contributed by atoms with Gasteiger partial charge in [-0.2, -0.15) is 11.8 Å². The van der Waals surface area contributed by atoms with Crippen molar-refractivity contribution in [1.29, 1.82) is 0 Å². The van der Waals surface area contributed by atoms with Gasteiger partial charge in [0.15, 0.2) is 0 Å². The smallest absolute Gasteiger partial charge is 0.328 e. The number of aliphatic carboxylic acids is 1. The Morgan fingerprint density at radius 3 is 2.83 bits per heavy atom. The number of halogens is 1. The van der Waals surface area contributed by atoms with E-state index in [2.05, 4.69) is 5.32 Å². The molecule has 0 spiro atoms. The van der Waals surface area contributed by atoms with E-state index in [1.807, 2.05) is 0 Å². The number of hydrogen-bond donors (Lipinski definition) is 2. The molecule has 1 aromatic carbocycles. The van der Waals surface area contributed by atoms with Crippen LogP contribution < -0.4 is 5.32 Å². The van der Waals surface area contributed by atoms with Gasteiger partial charge >= 0.3 is 5.97 Å². The van der Waals surface area contributed by atoms with E-state index in [9.17, 15) is 14.0 Å². The molecule has 6 heteroatoms. The molecular weight excluding hydrogens is 257 g/mol. The Balaban J connectivity index is 2.86. The number of hydrogen-bond acceptors (Lipinski definition) is 3. The zero-order valence-corrected chi connectivity index (χ0v) is 10.5. The molecular formula is C12H12FNO3S. The van der Waals surface area contributed by atoms with Crippen molar-refractivity contribution in [3.63, 3.8) is 0 Å². The SMILES string of the molecule is CSCC(=O)Nc1ccc(F)c(/C=C/C(=O)O)c1. The van der Waals surface area contributed by atoms with E-state index in [1.54, 1.807) is 6.26 Å². The topological polar surface area (TPSA) is 66.4 Å². The van der Waals surface area contributed by atoms with Gasteiger partial charge in [0.1, 0.15) is 5.82 Å². The molecule has 0 aromatic heterocycles. The summed E-state index contributed by atoms with van der Waals surface area (Å²) in [6, 6.07) is 3.98. The molecule has 1 aromatic rings. The summed E-state index contributed by atoms with van der Waals surface area (Å²) >= 11 is 1.37. The van der Waals surface area contributed by atoms with Gasteiger partial charge in [0.2, 0.25) is 5.91 Å². The van der Waals surface area contributed by atoms with Crippen molar-refractivity contribution in [2.45, 2.75) is 0 Å². The van der Waals surface area contributed by atoms with Crippen LogP contribution in [0.15, 0.2) is 24.3 Å². The quantitative estimate of drug-likeness (QED) is 0.804. The molecule has 0 bridgehead atoms. The van der Waals surface area contributed by atoms with Crippen LogP contribution in [0, 0.1) is 5.82 Å². The second-order valence-corrected chi connectivity index (χ2v) is 4.26. The normalized spacial score (nSPS) is 10.6. The molecule has 0 heterocycles. The first-order valence-corrected chi connectivity index (χ1v) is 6.41. The van der Waals surface area contributed by atoms with Crippen molar-refractivity contribution in [3.05, 3.63) is 35.7 Å². The molecule has 1 rings (SSSR count). The van der Waals surface area contributed by atoms with Gasteiger partial charge in [-0.15, -0.1) is 0 Å². The van der Waals surface area contributed by atoms with Crippen molar-refractivity contribution in [2.24, 2.45) is 0 Å². The van der Waals surface area contributed by atoms with Crippen LogP contribution in [0.5, 0.6) is 0 Å². The summed E-state index contributed by atoms with van der Waals surface area (Å²) in [5.41, 5.74) is 0.542. The van der Waals surface area contributed by atoms with E-state index in [-0.39, 0.29) is 11.5 Å². The minimum atomic E-state index is -1.16. The van der Waals surface area contributed by atoms with Gasteiger partial charge in [-0.1, -0.05) is 0 Å². The Morgan fingerprint density at radius 2 is 2.22 bits per heavy atom. The van der Waals surface area contributed by atoms with Gasteiger partial charge in [-0.3, -0.25) is 4.79 Å². The van der Waals surface area contributed by atoms with Crippen LogP contribution in [0.4, 0.5) is 10.1 Å². The number of anilines is 1. The van der Waals surface area contributed by atoms with Gasteiger partial charge in [0.25, 0.3) is 0 Å². The Labute approximate surface area is 108 Å².